The molecule has 0 radical (unpaired) electrons. The number of ether oxygens (including phenoxy) is 1. The van der Waals surface area contributed by atoms with Gasteiger partial charge in [-0.2, -0.15) is 0 Å². The van der Waals surface area contributed by atoms with Gasteiger partial charge in [0, 0.05) is 16.6 Å². The first kappa shape index (κ1) is 15.6. The summed E-state index contributed by atoms with van der Waals surface area (Å²) in [6, 6.07) is 5.20. The molecule has 5 nitrogen and oxygen atoms in total. The molecule has 0 unspecified atom stereocenters. The Morgan fingerprint density at radius 1 is 1.26 bits per heavy atom. The molecule has 1 aromatic carbocycles. The lowest BCUT2D eigenvalue weighted by Crippen LogP contribution is -2.37. The molecule has 0 aliphatic carbocycles. The summed E-state index contributed by atoms with van der Waals surface area (Å²) >= 11 is 11.8. The van der Waals surface area contributed by atoms with Crippen LogP contribution in [-0.4, -0.2) is 32.2 Å². The number of nitrogens with one attached hydrogen (secondary N) is 2. The quantitative estimate of drug-likeness (QED) is 0.874. The minimum absolute atomic E-state index is 0.124. The number of halogens is 2. The van der Waals surface area contributed by atoms with Crippen molar-refractivity contribution in [2.45, 2.75) is 6.42 Å². The van der Waals surface area contributed by atoms with E-state index in [1.807, 2.05) is 6.07 Å². The standard InChI is InChI=1S/C12H14Cl2N2O3/c1-19-12(18)16-7-11(17)15-5-4-8-2-3-9(13)6-10(8)14/h2-3,6H,4-5,7H2,1H3,(H,15,17)(H,16,18). The van der Waals surface area contributed by atoms with Crippen molar-refractivity contribution >= 4 is 35.2 Å². The Bertz CT molecular complexity index is 466. The van der Waals surface area contributed by atoms with E-state index in [0.717, 1.165) is 5.56 Å². The highest BCUT2D eigenvalue weighted by atomic mass is 35.5. The van der Waals surface area contributed by atoms with E-state index in [2.05, 4.69) is 15.4 Å². The highest BCUT2D eigenvalue weighted by Crippen LogP contribution is 2.20. The third kappa shape index (κ3) is 5.81. The predicted octanol–water partition coefficient (Wildman–Crippen LogP) is 2.01. The molecule has 0 saturated heterocycles. The summed E-state index contributed by atoms with van der Waals surface area (Å²) in [4.78, 5) is 22.1. The Morgan fingerprint density at radius 2 is 2.00 bits per heavy atom. The second-order valence-corrected chi connectivity index (χ2v) is 4.52. The van der Waals surface area contributed by atoms with Crippen molar-refractivity contribution in [3.63, 3.8) is 0 Å². The highest BCUT2D eigenvalue weighted by Gasteiger charge is 2.05. The first-order chi connectivity index (χ1) is 9.02. The number of hydrogen-bond acceptors (Lipinski definition) is 3. The topological polar surface area (TPSA) is 67.4 Å². The Balaban J connectivity index is 2.30. The second-order valence-electron chi connectivity index (χ2n) is 3.68. The van der Waals surface area contributed by atoms with Crippen LogP contribution in [0.25, 0.3) is 0 Å². The van der Waals surface area contributed by atoms with Gasteiger partial charge in [0.1, 0.15) is 0 Å². The van der Waals surface area contributed by atoms with E-state index in [1.165, 1.54) is 7.11 Å². The molecule has 2 amide bonds. The number of hydrogen-bond donors (Lipinski definition) is 2. The van der Waals surface area contributed by atoms with E-state index < -0.39 is 6.09 Å². The van der Waals surface area contributed by atoms with Gasteiger partial charge in [0.25, 0.3) is 0 Å². The third-order valence-electron chi connectivity index (χ3n) is 2.31. The SMILES string of the molecule is COC(=O)NCC(=O)NCCc1ccc(Cl)cc1Cl. The van der Waals surface area contributed by atoms with E-state index in [0.29, 0.717) is 23.0 Å². The van der Waals surface area contributed by atoms with Gasteiger partial charge in [-0.25, -0.2) is 4.79 Å². The largest absolute Gasteiger partial charge is 0.453 e. The predicted molar refractivity (Wildman–Crippen MR) is 73.6 cm³/mol. The molecule has 1 rings (SSSR count). The zero-order valence-corrected chi connectivity index (χ0v) is 11.8. The van der Waals surface area contributed by atoms with Gasteiger partial charge >= 0.3 is 6.09 Å². The number of methoxy groups -OCH3 is 1. The van der Waals surface area contributed by atoms with Crippen molar-refractivity contribution in [1.29, 1.82) is 0 Å². The van der Waals surface area contributed by atoms with Crippen molar-refractivity contribution in [3.05, 3.63) is 33.8 Å². The van der Waals surface area contributed by atoms with Crippen molar-refractivity contribution in [2.24, 2.45) is 0 Å². The first-order valence-electron chi connectivity index (χ1n) is 5.55. The molecule has 0 aromatic heterocycles. The van der Waals surface area contributed by atoms with Crippen molar-refractivity contribution in [1.82, 2.24) is 10.6 Å². The maximum absolute atomic E-state index is 11.4. The van der Waals surface area contributed by atoms with E-state index in [9.17, 15) is 9.59 Å². The second kappa shape index (κ2) is 7.86. The fraction of sp³-hybridized carbons (Fsp3) is 0.333. The molecule has 2 N–H and O–H groups in total. The van der Waals surface area contributed by atoms with E-state index in [-0.39, 0.29) is 12.5 Å². The number of rotatable bonds is 5. The van der Waals surface area contributed by atoms with Crippen LogP contribution in [0.4, 0.5) is 4.79 Å². The van der Waals surface area contributed by atoms with Crippen molar-refractivity contribution in [3.8, 4) is 0 Å². The molecule has 0 aliphatic heterocycles. The van der Waals surface area contributed by atoms with E-state index in [1.54, 1.807) is 12.1 Å². The lowest BCUT2D eigenvalue weighted by atomic mass is 10.1. The van der Waals surface area contributed by atoms with Crippen LogP contribution in [-0.2, 0) is 16.0 Å². The fourth-order valence-corrected chi connectivity index (χ4v) is 1.85. The van der Waals surface area contributed by atoms with Gasteiger partial charge in [-0.15, -0.1) is 0 Å². The van der Waals surface area contributed by atoms with Crippen LogP contribution in [0.1, 0.15) is 5.56 Å². The average molecular weight is 305 g/mol. The monoisotopic (exact) mass is 304 g/mol. The molecule has 0 fully saturated rings. The summed E-state index contributed by atoms with van der Waals surface area (Å²) in [7, 11) is 1.23. The van der Waals surface area contributed by atoms with Gasteiger partial charge in [-0.05, 0) is 24.1 Å². The molecule has 0 bridgehead atoms. The van der Waals surface area contributed by atoms with E-state index >= 15 is 0 Å². The summed E-state index contributed by atoms with van der Waals surface area (Å²) in [5.74, 6) is -0.296. The molecule has 0 saturated carbocycles. The summed E-state index contributed by atoms with van der Waals surface area (Å²) in [6.07, 6.45) is -0.0594. The molecular formula is C12H14Cl2N2O3. The van der Waals surface area contributed by atoms with Gasteiger partial charge in [0.2, 0.25) is 5.91 Å². The molecule has 7 heteroatoms. The normalized spacial score (nSPS) is 9.84. The summed E-state index contributed by atoms with van der Waals surface area (Å²) in [5.41, 5.74) is 0.896. The fourth-order valence-electron chi connectivity index (χ4n) is 1.35. The Labute approximate surface area is 121 Å². The van der Waals surface area contributed by atoms with Gasteiger partial charge in [-0.1, -0.05) is 29.3 Å². The molecule has 104 valence electrons. The number of benzene rings is 1. The maximum atomic E-state index is 11.4. The first-order valence-corrected chi connectivity index (χ1v) is 6.31. The number of carbonyl (C=O) groups excluding carboxylic acids is 2. The zero-order chi connectivity index (χ0) is 14.3. The average Bonchev–Trinajstić information content (AvgIpc) is 2.38. The Kier molecular flexibility index (Phi) is 6.45. The molecule has 19 heavy (non-hydrogen) atoms. The van der Waals surface area contributed by atoms with Crippen LogP contribution >= 0.6 is 23.2 Å². The number of carbonyl (C=O) groups is 2. The lowest BCUT2D eigenvalue weighted by Gasteiger charge is -2.07. The Hall–Kier alpha value is -1.46. The summed E-state index contributed by atoms with van der Waals surface area (Å²) in [6.45, 7) is 0.296. The molecule has 1 aromatic rings. The van der Waals surface area contributed by atoms with E-state index in [4.69, 9.17) is 23.2 Å². The smallest absolute Gasteiger partial charge is 0.407 e. The number of amides is 2. The summed E-state index contributed by atoms with van der Waals surface area (Å²) < 4.78 is 4.34. The Morgan fingerprint density at radius 3 is 2.63 bits per heavy atom. The third-order valence-corrected chi connectivity index (χ3v) is 2.90. The van der Waals surface area contributed by atoms with Crippen molar-refractivity contribution < 1.29 is 14.3 Å². The van der Waals surface area contributed by atoms with Crippen LogP contribution < -0.4 is 10.6 Å². The summed E-state index contributed by atoms with van der Waals surface area (Å²) in [5, 5.41) is 6.07. The van der Waals surface area contributed by atoms with Gasteiger partial charge < -0.3 is 15.4 Å². The minimum atomic E-state index is -0.643. The molecule has 0 aliphatic rings. The zero-order valence-electron chi connectivity index (χ0n) is 10.3. The van der Waals surface area contributed by atoms with Gasteiger partial charge in [0.05, 0.1) is 13.7 Å². The molecule has 0 atom stereocenters. The van der Waals surface area contributed by atoms with Crippen molar-refractivity contribution in [2.75, 3.05) is 20.2 Å². The highest BCUT2D eigenvalue weighted by molar-refractivity contribution is 6.35. The number of alkyl carbamates (subject to hydrolysis) is 1. The minimum Gasteiger partial charge on any atom is -0.453 e. The van der Waals surface area contributed by atoms with Crippen LogP contribution in [0, 0.1) is 0 Å². The molecule has 0 spiro atoms. The van der Waals surface area contributed by atoms with Gasteiger partial charge in [-0.3, -0.25) is 4.79 Å². The molecular weight excluding hydrogens is 291 g/mol. The van der Waals surface area contributed by atoms with Crippen LogP contribution in [0.15, 0.2) is 18.2 Å². The van der Waals surface area contributed by atoms with Gasteiger partial charge in [0.15, 0.2) is 0 Å². The lowest BCUT2D eigenvalue weighted by molar-refractivity contribution is -0.120. The van der Waals surface area contributed by atoms with Crippen LogP contribution in [0.3, 0.4) is 0 Å². The maximum Gasteiger partial charge on any atom is 0.407 e. The van der Waals surface area contributed by atoms with Crippen LogP contribution in [0.2, 0.25) is 10.0 Å². The van der Waals surface area contributed by atoms with Crippen LogP contribution in [0.5, 0.6) is 0 Å². The molecule has 0 heterocycles.